The van der Waals surface area contributed by atoms with Crippen molar-refractivity contribution in [3.8, 4) is 0 Å². The summed E-state index contributed by atoms with van der Waals surface area (Å²) in [4.78, 5) is 11.2. The zero-order valence-electron chi connectivity index (χ0n) is 18.7. The van der Waals surface area contributed by atoms with E-state index in [0.717, 1.165) is 12.8 Å². The van der Waals surface area contributed by atoms with Gasteiger partial charge in [-0.3, -0.25) is 4.79 Å². The first-order chi connectivity index (χ1) is 14.3. The van der Waals surface area contributed by atoms with Gasteiger partial charge in [-0.15, -0.1) is 0 Å². The molecule has 0 bridgehead atoms. The van der Waals surface area contributed by atoms with Crippen LogP contribution in [0.5, 0.6) is 0 Å². The van der Waals surface area contributed by atoms with Crippen LogP contribution in [0.3, 0.4) is 0 Å². The summed E-state index contributed by atoms with van der Waals surface area (Å²) in [6.07, 6.45) is 16.3. The SMILES string of the molecule is CCCCCCCCCCC/C=C/C=C/C(CC(O)C(N)(CO)C(=O)O)OC(C)O. The Balaban J connectivity index is 4.27. The van der Waals surface area contributed by atoms with Crippen molar-refractivity contribution in [3.05, 3.63) is 24.3 Å². The van der Waals surface area contributed by atoms with Crippen LogP contribution in [0.4, 0.5) is 0 Å². The number of allylic oxidation sites excluding steroid dienone is 3. The highest BCUT2D eigenvalue weighted by atomic mass is 16.6. The van der Waals surface area contributed by atoms with Crippen molar-refractivity contribution >= 4 is 5.97 Å². The molecule has 0 aliphatic carbocycles. The van der Waals surface area contributed by atoms with Gasteiger partial charge in [0.25, 0.3) is 0 Å². The minimum atomic E-state index is -2.18. The number of aliphatic hydroxyl groups is 3. The lowest BCUT2D eigenvalue weighted by molar-refractivity contribution is -0.154. The summed E-state index contributed by atoms with van der Waals surface area (Å²) in [6, 6.07) is 0. The molecule has 30 heavy (non-hydrogen) atoms. The minimum absolute atomic E-state index is 0.170. The second-order valence-corrected chi connectivity index (χ2v) is 7.96. The number of unbranched alkanes of at least 4 members (excludes halogenated alkanes) is 9. The van der Waals surface area contributed by atoms with Crippen molar-refractivity contribution < 1.29 is 30.0 Å². The smallest absolute Gasteiger partial charge is 0.328 e. The number of nitrogens with two attached hydrogens (primary N) is 1. The Kier molecular flexibility index (Phi) is 16.7. The number of aliphatic hydroxyl groups excluding tert-OH is 3. The van der Waals surface area contributed by atoms with Crippen molar-refractivity contribution in [3.63, 3.8) is 0 Å². The standard InChI is InChI=1S/C23H43NO6/c1-3-4-5-6-7-8-9-10-11-12-13-14-15-16-20(30-19(2)26)17-21(27)23(24,18-25)22(28)29/h13-16,19-21,25-27H,3-12,17-18,24H2,1-2H3,(H,28,29)/b14-13+,16-15+. The van der Waals surface area contributed by atoms with Gasteiger partial charge in [0.05, 0.1) is 18.8 Å². The summed E-state index contributed by atoms with van der Waals surface area (Å²) < 4.78 is 5.29. The first kappa shape index (κ1) is 28.8. The molecule has 0 rings (SSSR count). The lowest BCUT2D eigenvalue weighted by Gasteiger charge is -2.30. The van der Waals surface area contributed by atoms with Crippen LogP contribution >= 0.6 is 0 Å². The van der Waals surface area contributed by atoms with Gasteiger partial charge in [-0.1, -0.05) is 82.6 Å². The second-order valence-electron chi connectivity index (χ2n) is 7.96. The lowest BCUT2D eigenvalue weighted by Crippen LogP contribution is -2.60. The molecule has 0 saturated heterocycles. The van der Waals surface area contributed by atoms with Gasteiger partial charge < -0.3 is 30.9 Å². The first-order valence-corrected chi connectivity index (χ1v) is 11.3. The number of carboxylic acids is 1. The van der Waals surface area contributed by atoms with E-state index in [1.165, 1.54) is 58.3 Å². The van der Waals surface area contributed by atoms with Gasteiger partial charge in [-0.2, -0.15) is 0 Å². The fraction of sp³-hybridized carbons (Fsp3) is 0.783. The van der Waals surface area contributed by atoms with Crippen LogP contribution in [0, 0.1) is 0 Å². The predicted molar refractivity (Wildman–Crippen MR) is 119 cm³/mol. The average Bonchev–Trinajstić information content (AvgIpc) is 2.69. The zero-order chi connectivity index (χ0) is 22.8. The van der Waals surface area contributed by atoms with Gasteiger partial charge in [0.15, 0.2) is 11.8 Å². The molecule has 0 saturated carbocycles. The quantitative estimate of drug-likeness (QED) is 0.121. The average molecular weight is 430 g/mol. The Morgan fingerprint density at radius 2 is 1.60 bits per heavy atom. The van der Waals surface area contributed by atoms with E-state index in [0.29, 0.717) is 0 Å². The number of rotatable bonds is 19. The maximum atomic E-state index is 11.2. The number of carbonyl (C=O) groups is 1. The van der Waals surface area contributed by atoms with Crippen LogP contribution in [-0.4, -0.2) is 57.0 Å². The van der Waals surface area contributed by atoms with Gasteiger partial charge in [0.2, 0.25) is 0 Å². The molecule has 0 aromatic carbocycles. The molecule has 0 radical (unpaired) electrons. The molecule has 0 aliphatic heterocycles. The molecular weight excluding hydrogens is 386 g/mol. The molecule has 0 aliphatic rings. The summed E-state index contributed by atoms with van der Waals surface area (Å²) in [5, 5.41) is 38.0. The predicted octanol–water partition coefficient (Wildman–Crippen LogP) is 3.27. The summed E-state index contributed by atoms with van der Waals surface area (Å²) in [7, 11) is 0. The fourth-order valence-corrected chi connectivity index (χ4v) is 3.11. The molecule has 176 valence electrons. The summed E-state index contributed by atoms with van der Waals surface area (Å²) in [6.45, 7) is 2.74. The Bertz CT molecular complexity index is 494. The van der Waals surface area contributed by atoms with Gasteiger partial charge in [-0.25, -0.2) is 0 Å². The monoisotopic (exact) mass is 429 g/mol. The maximum Gasteiger partial charge on any atom is 0.328 e. The Hall–Kier alpha value is -1.25. The molecule has 0 fully saturated rings. The van der Waals surface area contributed by atoms with Crippen LogP contribution < -0.4 is 5.73 Å². The summed E-state index contributed by atoms with van der Waals surface area (Å²) in [5.41, 5.74) is 3.40. The number of hydrogen-bond acceptors (Lipinski definition) is 6. The third-order valence-corrected chi connectivity index (χ3v) is 5.13. The normalized spacial score (nSPS) is 17.3. The molecule has 7 heteroatoms. The van der Waals surface area contributed by atoms with E-state index in [4.69, 9.17) is 15.6 Å². The van der Waals surface area contributed by atoms with Crippen LogP contribution in [0.25, 0.3) is 0 Å². The van der Waals surface area contributed by atoms with E-state index in [2.05, 4.69) is 6.92 Å². The Labute approximate surface area is 181 Å². The fourth-order valence-electron chi connectivity index (χ4n) is 3.11. The van der Waals surface area contributed by atoms with E-state index in [1.54, 1.807) is 12.2 Å². The summed E-state index contributed by atoms with van der Waals surface area (Å²) >= 11 is 0. The van der Waals surface area contributed by atoms with E-state index in [9.17, 15) is 20.1 Å². The van der Waals surface area contributed by atoms with Gasteiger partial charge in [0, 0.05) is 6.42 Å². The van der Waals surface area contributed by atoms with Crippen LogP contribution in [0.2, 0.25) is 0 Å². The number of carboxylic acid groups (broad SMARTS) is 1. The lowest BCUT2D eigenvalue weighted by atomic mass is 9.90. The second kappa shape index (κ2) is 17.4. The molecule has 6 N–H and O–H groups in total. The third-order valence-electron chi connectivity index (χ3n) is 5.13. The molecule has 0 aromatic rings. The zero-order valence-corrected chi connectivity index (χ0v) is 18.7. The largest absolute Gasteiger partial charge is 0.480 e. The molecular formula is C23H43NO6. The molecule has 0 heterocycles. The highest BCUT2D eigenvalue weighted by Crippen LogP contribution is 2.17. The Morgan fingerprint density at radius 3 is 2.10 bits per heavy atom. The van der Waals surface area contributed by atoms with Crippen molar-refractivity contribution in [1.82, 2.24) is 0 Å². The van der Waals surface area contributed by atoms with E-state index in [-0.39, 0.29) is 6.42 Å². The highest BCUT2D eigenvalue weighted by molar-refractivity contribution is 5.79. The molecule has 0 spiro atoms. The number of ether oxygens (including phenoxy) is 1. The molecule has 0 amide bonds. The molecule has 4 unspecified atom stereocenters. The van der Waals surface area contributed by atoms with Crippen molar-refractivity contribution in [1.29, 1.82) is 0 Å². The topological polar surface area (TPSA) is 133 Å². The molecule has 7 nitrogen and oxygen atoms in total. The Morgan fingerprint density at radius 1 is 1.03 bits per heavy atom. The maximum absolute atomic E-state index is 11.2. The number of aliphatic carboxylic acids is 1. The number of hydrogen-bond donors (Lipinski definition) is 5. The van der Waals surface area contributed by atoms with Crippen molar-refractivity contribution in [2.75, 3.05) is 6.61 Å². The minimum Gasteiger partial charge on any atom is -0.480 e. The van der Waals surface area contributed by atoms with E-state index < -0.39 is 36.6 Å². The van der Waals surface area contributed by atoms with Gasteiger partial charge >= 0.3 is 5.97 Å². The highest BCUT2D eigenvalue weighted by Gasteiger charge is 2.42. The first-order valence-electron chi connectivity index (χ1n) is 11.3. The van der Waals surface area contributed by atoms with E-state index in [1.807, 2.05) is 12.2 Å². The third kappa shape index (κ3) is 13.1. The molecule has 0 aromatic heterocycles. The van der Waals surface area contributed by atoms with Gasteiger partial charge in [-0.05, 0) is 19.8 Å². The summed E-state index contributed by atoms with van der Waals surface area (Å²) in [5.74, 6) is -1.50. The van der Waals surface area contributed by atoms with Crippen LogP contribution in [-0.2, 0) is 9.53 Å². The van der Waals surface area contributed by atoms with Gasteiger partial charge in [0.1, 0.15) is 0 Å². The van der Waals surface area contributed by atoms with Crippen molar-refractivity contribution in [2.24, 2.45) is 5.73 Å². The van der Waals surface area contributed by atoms with Crippen molar-refractivity contribution in [2.45, 2.75) is 109 Å². The van der Waals surface area contributed by atoms with E-state index >= 15 is 0 Å². The van der Waals surface area contributed by atoms with Crippen LogP contribution in [0.15, 0.2) is 24.3 Å². The molecule has 4 atom stereocenters. The van der Waals surface area contributed by atoms with Crippen LogP contribution in [0.1, 0.15) is 84.5 Å².